The standard InChI is InChI=1S/C19H20N2O5/c1-3-25-18(22)12-10-15-16(9-11-17(20-15)24-2)21-19(23)26-13-14-7-5-4-6-8-14/h4-12H,3,13H2,1-2H3,(H,21,23)/b12-10+. The number of nitrogens with one attached hydrogen (secondary N) is 1. The van der Waals surface area contributed by atoms with Gasteiger partial charge in [-0.05, 0) is 24.6 Å². The molecule has 0 bridgehead atoms. The number of esters is 1. The molecule has 0 unspecified atom stereocenters. The molecule has 0 saturated heterocycles. The van der Waals surface area contributed by atoms with E-state index in [-0.39, 0.29) is 13.2 Å². The van der Waals surface area contributed by atoms with E-state index in [2.05, 4.69) is 10.3 Å². The molecule has 0 aliphatic heterocycles. The van der Waals surface area contributed by atoms with Gasteiger partial charge in [-0.15, -0.1) is 0 Å². The Balaban J connectivity index is 2.06. The highest BCUT2D eigenvalue weighted by Gasteiger charge is 2.10. The molecule has 0 aliphatic carbocycles. The number of ether oxygens (including phenoxy) is 3. The van der Waals surface area contributed by atoms with Gasteiger partial charge in [0.25, 0.3) is 0 Å². The number of carbonyl (C=O) groups excluding carboxylic acids is 2. The number of amides is 1. The van der Waals surface area contributed by atoms with E-state index in [1.165, 1.54) is 19.3 Å². The molecule has 1 aromatic carbocycles. The Kier molecular flexibility index (Phi) is 7.17. The van der Waals surface area contributed by atoms with E-state index in [4.69, 9.17) is 14.2 Å². The predicted octanol–water partition coefficient (Wildman–Crippen LogP) is 3.42. The van der Waals surface area contributed by atoms with E-state index in [9.17, 15) is 9.59 Å². The first-order valence-electron chi connectivity index (χ1n) is 8.00. The fraction of sp³-hybridized carbons (Fsp3) is 0.211. The minimum atomic E-state index is -0.633. The molecule has 0 fully saturated rings. The lowest BCUT2D eigenvalue weighted by Crippen LogP contribution is -2.14. The van der Waals surface area contributed by atoms with Crippen LogP contribution in [-0.2, 0) is 20.9 Å². The zero-order chi connectivity index (χ0) is 18.8. The van der Waals surface area contributed by atoms with Crippen molar-refractivity contribution in [3.8, 4) is 5.88 Å². The Bertz CT molecular complexity index is 775. The van der Waals surface area contributed by atoms with E-state index >= 15 is 0 Å². The molecule has 7 nitrogen and oxygen atoms in total. The van der Waals surface area contributed by atoms with E-state index in [1.54, 1.807) is 19.1 Å². The number of benzene rings is 1. The number of rotatable bonds is 7. The number of anilines is 1. The van der Waals surface area contributed by atoms with Crippen LogP contribution in [0.4, 0.5) is 10.5 Å². The Morgan fingerprint density at radius 1 is 1.12 bits per heavy atom. The van der Waals surface area contributed by atoms with Crippen molar-refractivity contribution in [3.63, 3.8) is 0 Å². The highest BCUT2D eigenvalue weighted by Crippen LogP contribution is 2.20. The molecule has 136 valence electrons. The molecule has 2 rings (SSSR count). The summed E-state index contributed by atoms with van der Waals surface area (Å²) >= 11 is 0. The normalized spacial score (nSPS) is 10.4. The zero-order valence-electron chi connectivity index (χ0n) is 14.6. The van der Waals surface area contributed by atoms with Gasteiger partial charge in [0.15, 0.2) is 0 Å². The van der Waals surface area contributed by atoms with Gasteiger partial charge in [-0.3, -0.25) is 5.32 Å². The van der Waals surface area contributed by atoms with Gasteiger partial charge in [-0.2, -0.15) is 0 Å². The summed E-state index contributed by atoms with van der Waals surface area (Å²) in [5.74, 6) is -0.161. The van der Waals surface area contributed by atoms with Gasteiger partial charge >= 0.3 is 12.1 Å². The summed E-state index contributed by atoms with van der Waals surface area (Å²) < 4.78 is 15.1. The lowest BCUT2D eigenvalue weighted by atomic mass is 10.2. The molecule has 0 spiro atoms. The molecule has 1 heterocycles. The summed E-state index contributed by atoms with van der Waals surface area (Å²) in [5.41, 5.74) is 1.59. The number of aromatic nitrogens is 1. The second-order valence-electron chi connectivity index (χ2n) is 5.06. The third-order valence-corrected chi connectivity index (χ3v) is 3.22. The summed E-state index contributed by atoms with van der Waals surface area (Å²) in [6.45, 7) is 2.13. The molecule has 0 saturated carbocycles. The fourth-order valence-electron chi connectivity index (χ4n) is 2.01. The van der Waals surface area contributed by atoms with Crippen molar-refractivity contribution in [2.75, 3.05) is 19.0 Å². The van der Waals surface area contributed by atoms with E-state index in [0.717, 1.165) is 5.56 Å². The van der Waals surface area contributed by atoms with Crippen molar-refractivity contribution in [2.24, 2.45) is 0 Å². The highest BCUT2D eigenvalue weighted by atomic mass is 16.5. The van der Waals surface area contributed by atoms with Gasteiger partial charge in [0, 0.05) is 12.1 Å². The molecule has 1 amide bonds. The quantitative estimate of drug-likeness (QED) is 0.604. The lowest BCUT2D eigenvalue weighted by Gasteiger charge is -2.10. The Morgan fingerprint density at radius 3 is 2.58 bits per heavy atom. The second kappa shape index (κ2) is 9.83. The molecule has 0 aliphatic rings. The number of hydrogen-bond acceptors (Lipinski definition) is 6. The van der Waals surface area contributed by atoms with Crippen LogP contribution in [0.3, 0.4) is 0 Å². The molecule has 26 heavy (non-hydrogen) atoms. The number of pyridine rings is 1. The third-order valence-electron chi connectivity index (χ3n) is 3.22. The average molecular weight is 356 g/mol. The van der Waals surface area contributed by atoms with Crippen LogP contribution in [0, 0.1) is 0 Å². The molecule has 1 N–H and O–H groups in total. The maximum Gasteiger partial charge on any atom is 0.412 e. The maximum absolute atomic E-state index is 12.0. The number of nitrogens with zero attached hydrogens (tertiary/aromatic N) is 1. The van der Waals surface area contributed by atoms with Gasteiger partial charge in [-0.25, -0.2) is 14.6 Å². The smallest absolute Gasteiger partial charge is 0.412 e. The molecule has 2 aromatic rings. The van der Waals surface area contributed by atoms with E-state index in [0.29, 0.717) is 17.3 Å². The van der Waals surface area contributed by atoms with Crippen molar-refractivity contribution in [3.05, 3.63) is 59.8 Å². The highest BCUT2D eigenvalue weighted by molar-refractivity contribution is 5.91. The SMILES string of the molecule is CCOC(=O)/C=C/c1nc(OC)ccc1NC(=O)OCc1ccccc1. The molecule has 0 atom stereocenters. The van der Waals surface area contributed by atoms with Gasteiger partial charge in [-0.1, -0.05) is 30.3 Å². The van der Waals surface area contributed by atoms with Crippen LogP contribution in [0.1, 0.15) is 18.2 Å². The Morgan fingerprint density at radius 2 is 1.88 bits per heavy atom. The molecule has 1 aromatic heterocycles. The number of hydrogen-bond donors (Lipinski definition) is 1. The van der Waals surface area contributed by atoms with Crippen LogP contribution in [0.15, 0.2) is 48.5 Å². The van der Waals surface area contributed by atoms with Crippen molar-refractivity contribution in [1.29, 1.82) is 0 Å². The van der Waals surface area contributed by atoms with Crippen molar-refractivity contribution < 1.29 is 23.8 Å². The summed E-state index contributed by atoms with van der Waals surface area (Å²) in [4.78, 5) is 27.7. The van der Waals surface area contributed by atoms with Crippen LogP contribution < -0.4 is 10.1 Å². The van der Waals surface area contributed by atoms with E-state index in [1.807, 2.05) is 30.3 Å². The Hall–Kier alpha value is -3.35. The van der Waals surface area contributed by atoms with Crippen molar-refractivity contribution >= 4 is 23.8 Å². The summed E-state index contributed by atoms with van der Waals surface area (Å²) in [5, 5.41) is 2.61. The van der Waals surface area contributed by atoms with Gasteiger partial charge < -0.3 is 14.2 Å². The molecule has 7 heteroatoms. The fourth-order valence-corrected chi connectivity index (χ4v) is 2.01. The summed E-state index contributed by atoms with van der Waals surface area (Å²) in [6, 6.07) is 12.5. The molecule has 0 radical (unpaired) electrons. The van der Waals surface area contributed by atoms with E-state index < -0.39 is 12.1 Å². The van der Waals surface area contributed by atoms with Crippen LogP contribution in [-0.4, -0.2) is 30.8 Å². The van der Waals surface area contributed by atoms with Crippen molar-refractivity contribution in [1.82, 2.24) is 4.98 Å². The first-order chi connectivity index (χ1) is 12.6. The predicted molar refractivity (Wildman–Crippen MR) is 96.7 cm³/mol. The summed E-state index contributed by atoms with van der Waals surface area (Å²) in [6.07, 6.45) is 2.03. The first-order valence-corrected chi connectivity index (χ1v) is 8.00. The van der Waals surface area contributed by atoms with Gasteiger partial charge in [0.2, 0.25) is 5.88 Å². The molecular formula is C19H20N2O5. The monoisotopic (exact) mass is 356 g/mol. The third kappa shape index (κ3) is 5.94. The van der Waals surface area contributed by atoms with Crippen molar-refractivity contribution in [2.45, 2.75) is 13.5 Å². The first kappa shape index (κ1) is 19.0. The van der Waals surface area contributed by atoms with Crippen LogP contribution in [0.25, 0.3) is 6.08 Å². The second-order valence-corrected chi connectivity index (χ2v) is 5.06. The number of methoxy groups -OCH3 is 1. The van der Waals surface area contributed by atoms with Gasteiger partial charge in [0.05, 0.1) is 25.1 Å². The summed E-state index contributed by atoms with van der Waals surface area (Å²) in [7, 11) is 1.47. The van der Waals surface area contributed by atoms with Crippen LogP contribution >= 0.6 is 0 Å². The minimum Gasteiger partial charge on any atom is -0.481 e. The molecular weight excluding hydrogens is 336 g/mol. The zero-order valence-corrected chi connectivity index (χ0v) is 14.6. The van der Waals surface area contributed by atoms with Gasteiger partial charge in [0.1, 0.15) is 6.61 Å². The average Bonchev–Trinajstić information content (AvgIpc) is 2.66. The largest absolute Gasteiger partial charge is 0.481 e. The lowest BCUT2D eigenvalue weighted by molar-refractivity contribution is -0.137. The Labute approximate surface area is 151 Å². The topological polar surface area (TPSA) is 86.8 Å². The number of carbonyl (C=O) groups is 2. The minimum absolute atomic E-state index is 0.143. The van der Waals surface area contributed by atoms with Crippen LogP contribution in [0.5, 0.6) is 5.88 Å². The maximum atomic E-state index is 12.0. The van der Waals surface area contributed by atoms with Crippen LogP contribution in [0.2, 0.25) is 0 Å².